The van der Waals surface area contributed by atoms with Crippen LogP contribution in [0, 0.1) is 0 Å². The molecule has 5 N–H and O–H groups in total. The molecule has 5 nitrogen and oxygen atoms in total. The zero-order valence-corrected chi connectivity index (χ0v) is 23.5. The van der Waals surface area contributed by atoms with E-state index in [0.29, 0.717) is 6.42 Å². The number of carboxylic acids is 1. The highest BCUT2D eigenvalue weighted by Crippen LogP contribution is 2.15. The number of primary amides is 1. The van der Waals surface area contributed by atoms with Gasteiger partial charge in [-0.3, -0.25) is 9.59 Å². The minimum Gasteiger partial charge on any atom is -0.480 e. The van der Waals surface area contributed by atoms with Crippen LogP contribution < -0.4 is 11.5 Å². The predicted octanol–water partition coefficient (Wildman–Crippen LogP) is 8.66. The molecule has 0 radical (unpaired) electrons. The molecule has 35 heavy (non-hydrogen) atoms. The van der Waals surface area contributed by atoms with E-state index in [0.717, 1.165) is 6.42 Å². The first-order valence-corrected chi connectivity index (χ1v) is 15.2. The first-order valence-electron chi connectivity index (χ1n) is 15.2. The first kappa shape index (κ1) is 36.1. The highest BCUT2D eigenvalue weighted by molar-refractivity contribution is 5.73. The summed E-state index contributed by atoms with van der Waals surface area (Å²) in [5.41, 5.74) is 9.72. The topological polar surface area (TPSA) is 106 Å². The molecular formula is C30H62N2O3. The van der Waals surface area contributed by atoms with Crippen LogP contribution in [0.3, 0.4) is 0 Å². The van der Waals surface area contributed by atoms with Crippen molar-refractivity contribution in [1.29, 1.82) is 0 Å². The van der Waals surface area contributed by atoms with Gasteiger partial charge >= 0.3 is 5.97 Å². The fourth-order valence-corrected chi connectivity index (χ4v) is 4.44. The summed E-state index contributed by atoms with van der Waals surface area (Å²) in [4.78, 5) is 19.9. The summed E-state index contributed by atoms with van der Waals surface area (Å²) in [6.45, 7) is 2.02. The monoisotopic (exact) mass is 498 g/mol. The minimum absolute atomic E-state index is 0.149. The molecule has 0 aromatic carbocycles. The lowest BCUT2D eigenvalue weighted by Crippen LogP contribution is -2.10. The van der Waals surface area contributed by atoms with Crippen LogP contribution in [-0.4, -0.2) is 23.5 Å². The van der Waals surface area contributed by atoms with Crippen LogP contribution in [0.5, 0.6) is 0 Å². The Bertz CT molecular complexity index is 430. The Labute approximate surface area is 218 Å². The van der Waals surface area contributed by atoms with Gasteiger partial charge in [0, 0.05) is 6.42 Å². The van der Waals surface area contributed by atoms with Gasteiger partial charge in [-0.2, -0.15) is 0 Å². The third kappa shape index (κ3) is 40.4. The normalized spacial score (nSPS) is 10.7. The van der Waals surface area contributed by atoms with Crippen LogP contribution in [0.15, 0.2) is 0 Å². The molecule has 210 valence electrons. The van der Waals surface area contributed by atoms with Gasteiger partial charge in [-0.25, -0.2) is 0 Å². The molecule has 0 heterocycles. The van der Waals surface area contributed by atoms with E-state index in [1.807, 2.05) is 0 Å². The van der Waals surface area contributed by atoms with E-state index in [1.165, 1.54) is 154 Å². The maximum absolute atomic E-state index is 10.7. The van der Waals surface area contributed by atoms with E-state index in [2.05, 4.69) is 12.7 Å². The Balaban J connectivity index is 0. The molecule has 5 heteroatoms. The number of unbranched alkanes of at least 4 members (excludes halogenated alkanes) is 24. The molecule has 0 aliphatic heterocycles. The molecule has 0 unspecified atom stereocenters. The van der Waals surface area contributed by atoms with Gasteiger partial charge in [0.1, 0.15) is 0 Å². The maximum atomic E-state index is 10.7. The van der Waals surface area contributed by atoms with Crippen molar-refractivity contribution >= 4 is 11.9 Å². The van der Waals surface area contributed by atoms with Crippen molar-refractivity contribution in [2.45, 2.75) is 174 Å². The molecule has 0 atom stereocenters. The van der Waals surface area contributed by atoms with E-state index < -0.39 is 5.97 Å². The number of carboxylic acid groups (broad SMARTS) is 1. The summed E-state index contributed by atoms with van der Waals surface area (Å²) in [6, 6.07) is 0. The summed E-state index contributed by atoms with van der Waals surface area (Å²) < 4.78 is 0. The quantitative estimate of drug-likeness (QED) is 0.0984. The SMILES string of the molecule is CCCCCCCCCCCCCCCCCCCCCCCCCCCC(N)=O.NCC(=O)O. The molecular weight excluding hydrogens is 436 g/mol. The average Bonchev–Trinajstić information content (AvgIpc) is 2.84. The van der Waals surface area contributed by atoms with Gasteiger partial charge in [-0.05, 0) is 6.42 Å². The number of hydrogen-bond acceptors (Lipinski definition) is 3. The Hall–Kier alpha value is -1.10. The van der Waals surface area contributed by atoms with Crippen molar-refractivity contribution in [3.63, 3.8) is 0 Å². The lowest BCUT2D eigenvalue weighted by atomic mass is 10.0. The Morgan fingerprint density at radius 1 is 0.486 bits per heavy atom. The molecule has 0 bridgehead atoms. The van der Waals surface area contributed by atoms with Crippen LogP contribution >= 0.6 is 0 Å². The van der Waals surface area contributed by atoms with Crippen LogP contribution in [0.25, 0.3) is 0 Å². The van der Waals surface area contributed by atoms with Crippen molar-refractivity contribution in [1.82, 2.24) is 0 Å². The predicted molar refractivity (Wildman–Crippen MR) is 152 cm³/mol. The number of nitrogens with two attached hydrogens (primary N) is 2. The molecule has 1 amide bonds. The highest BCUT2D eigenvalue weighted by Gasteiger charge is 1.97. The first-order chi connectivity index (χ1) is 17.0. The molecule has 0 saturated carbocycles. The highest BCUT2D eigenvalue weighted by atomic mass is 16.4. The molecule has 0 fully saturated rings. The van der Waals surface area contributed by atoms with Gasteiger partial charge in [0.15, 0.2) is 0 Å². The van der Waals surface area contributed by atoms with Crippen molar-refractivity contribution in [2.75, 3.05) is 6.54 Å². The van der Waals surface area contributed by atoms with Gasteiger partial charge in [0.2, 0.25) is 5.91 Å². The van der Waals surface area contributed by atoms with Gasteiger partial charge in [0.25, 0.3) is 0 Å². The smallest absolute Gasteiger partial charge is 0.317 e. The second kappa shape index (κ2) is 32.9. The number of carbonyl (C=O) groups is 2. The van der Waals surface area contributed by atoms with Gasteiger partial charge in [-0.15, -0.1) is 0 Å². The molecule has 0 rings (SSSR count). The third-order valence-corrected chi connectivity index (χ3v) is 6.70. The number of hydrogen-bond donors (Lipinski definition) is 3. The Kier molecular flexibility index (Phi) is 33.9. The van der Waals surface area contributed by atoms with Gasteiger partial charge in [0.05, 0.1) is 6.54 Å². The second-order valence-electron chi connectivity index (χ2n) is 10.3. The maximum Gasteiger partial charge on any atom is 0.317 e. The summed E-state index contributed by atoms with van der Waals surface area (Å²) in [7, 11) is 0. The number of aliphatic carboxylic acids is 1. The lowest BCUT2D eigenvalue weighted by Gasteiger charge is -2.04. The molecule has 0 aliphatic carbocycles. The van der Waals surface area contributed by atoms with Crippen LogP contribution in [0.1, 0.15) is 174 Å². The van der Waals surface area contributed by atoms with Gasteiger partial charge < -0.3 is 16.6 Å². The Morgan fingerprint density at radius 2 is 0.686 bits per heavy atom. The summed E-state index contributed by atoms with van der Waals surface area (Å²) in [5, 5.41) is 7.60. The molecule has 0 aliphatic rings. The van der Waals surface area contributed by atoms with Crippen molar-refractivity contribution in [3.05, 3.63) is 0 Å². The summed E-state index contributed by atoms with van der Waals surface area (Å²) >= 11 is 0. The minimum atomic E-state index is -0.968. The fraction of sp³-hybridized carbons (Fsp3) is 0.933. The molecule has 0 saturated heterocycles. The standard InChI is InChI=1S/C28H57NO.C2H5NO2/c1-2-3-4-5-6-7-8-9-10-11-12-13-14-15-16-17-18-19-20-21-22-23-24-25-26-27-28(29)30;3-1-2(4)5/h2-27H2,1H3,(H2,29,30);1,3H2,(H,4,5). The summed E-state index contributed by atoms with van der Waals surface area (Å²) in [5.74, 6) is -1.12. The molecule has 0 aromatic rings. The molecule has 0 spiro atoms. The van der Waals surface area contributed by atoms with E-state index in [-0.39, 0.29) is 12.5 Å². The zero-order valence-electron chi connectivity index (χ0n) is 23.5. The summed E-state index contributed by atoms with van der Waals surface area (Å²) in [6.07, 6.45) is 35.7. The van der Waals surface area contributed by atoms with E-state index in [9.17, 15) is 9.59 Å². The average molecular weight is 499 g/mol. The van der Waals surface area contributed by atoms with Crippen molar-refractivity contribution < 1.29 is 14.7 Å². The number of amides is 1. The van der Waals surface area contributed by atoms with Gasteiger partial charge in [-0.1, -0.05) is 161 Å². The molecule has 0 aromatic heterocycles. The number of rotatable bonds is 27. The van der Waals surface area contributed by atoms with Crippen molar-refractivity contribution in [2.24, 2.45) is 11.5 Å². The van der Waals surface area contributed by atoms with Crippen LogP contribution in [-0.2, 0) is 9.59 Å². The third-order valence-electron chi connectivity index (χ3n) is 6.70. The van der Waals surface area contributed by atoms with E-state index in [4.69, 9.17) is 10.8 Å². The van der Waals surface area contributed by atoms with Crippen LogP contribution in [0.2, 0.25) is 0 Å². The van der Waals surface area contributed by atoms with E-state index >= 15 is 0 Å². The Morgan fingerprint density at radius 3 is 0.857 bits per heavy atom. The lowest BCUT2D eigenvalue weighted by molar-refractivity contribution is -0.135. The van der Waals surface area contributed by atoms with Crippen LogP contribution in [0.4, 0.5) is 0 Å². The number of carbonyl (C=O) groups excluding carboxylic acids is 1. The zero-order chi connectivity index (χ0) is 26.2. The van der Waals surface area contributed by atoms with Crippen molar-refractivity contribution in [3.8, 4) is 0 Å². The van der Waals surface area contributed by atoms with E-state index in [1.54, 1.807) is 0 Å². The largest absolute Gasteiger partial charge is 0.480 e. The fourth-order valence-electron chi connectivity index (χ4n) is 4.44. The second-order valence-corrected chi connectivity index (χ2v) is 10.3.